The average Bonchev–Trinajstić information content (AvgIpc) is 2.45. The standard InChI is InChI=1S/C15H19NO4/c1-10(11(2)15(18)19)14(17)16(3)9-12-7-5-6-8-13(12)20-4/h5-8H,9H2,1-4H3,(H,18,19). The highest BCUT2D eigenvalue weighted by molar-refractivity contribution is 6.01. The molecule has 0 atom stereocenters. The molecule has 0 unspecified atom stereocenters. The van der Waals surface area contributed by atoms with Crippen molar-refractivity contribution < 1.29 is 19.4 Å². The quantitative estimate of drug-likeness (QED) is 0.837. The van der Waals surface area contributed by atoms with Crippen molar-refractivity contribution in [2.75, 3.05) is 14.2 Å². The lowest BCUT2D eigenvalue weighted by molar-refractivity contribution is -0.133. The smallest absolute Gasteiger partial charge is 0.331 e. The highest BCUT2D eigenvalue weighted by Crippen LogP contribution is 2.19. The number of amides is 1. The van der Waals surface area contributed by atoms with Gasteiger partial charge in [0.25, 0.3) is 0 Å². The molecule has 5 nitrogen and oxygen atoms in total. The summed E-state index contributed by atoms with van der Waals surface area (Å²) in [4.78, 5) is 24.5. The first-order chi connectivity index (χ1) is 9.38. The number of hydrogen-bond donors (Lipinski definition) is 1. The largest absolute Gasteiger partial charge is 0.496 e. The van der Waals surface area contributed by atoms with E-state index >= 15 is 0 Å². The van der Waals surface area contributed by atoms with E-state index in [1.165, 1.54) is 18.7 Å². The lowest BCUT2D eigenvalue weighted by Gasteiger charge is -2.19. The van der Waals surface area contributed by atoms with Crippen LogP contribution in [-0.2, 0) is 16.1 Å². The molecular weight excluding hydrogens is 258 g/mol. The van der Waals surface area contributed by atoms with Gasteiger partial charge in [0, 0.05) is 30.3 Å². The van der Waals surface area contributed by atoms with Crippen molar-refractivity contribution in [3.05, 3.63) is 41.0 Å². The van der Waals surface area contributed by atoms with Crippen molar-refractivity contribution >= 4 is 11.9 Å². The number of rotatable bonds is 5. The van der Waals surface area contributed by atoms with E-state index in [0.29, 0.717) is 12.3 Å². The molecule has 0 saturated heterocycles. The highest BCUT2D eigenvalue weighted by atomic mass is 16.5. The molecule has 0 aromatic heterocycles. The van der Waals surface area contributed by atoms with Crippen molar-refractivity contribution in [1.29, 1.82) is 0 Å². The molecule has 1 aromatic rings. The van der Waals surface area contributed by atoms with Crippen molar-refractivity contribution in [3.8, 4) is 5.75 Å². The van der Waals surface area contributed by atoms with Crippen LogP contribution in [0.1, 0.15) is 19.4 Å². The SMILES string of the molecule is COc1ccccc1CN(C)C(=O)C(C)=C(C)C(=O)O. The predicted molar refractivity (Wildman–Crippen MR) is 75.5 cm³/mol. The maximum Gasteiger partial charge on any atom is 0.331 e. The Morgan fingerprint density at radius 1 is 1.20 bits per heavy atom. The van der Waals surface area contributed by atoms with Gasteiger partial charge in [-0.3, -0.25) is 4.79 Å². The van der Waals surface area contributed by atoms with Gasteiger partial charge in [0.15, 0.2) is 0 Å². The maximum absolute atomic E-state index is 12.2. The molecule has 0 radical (unpaired) electrons. The van der Waals surface area contributed by atoms with Crippen LogP contribution in [-0.4, -0.2) is 36.0 Å². The number of aliphatic carboxylic acids is 1. The molecule has 0 bridgehead atoms. The van der Waals surface area contributed by atoms with E-state index in [1.54, 1.807) is 14.2 Å². The Morgan fingerprint density at radius 2 is 1.80 bits per heavy atom. The third-order valence-electron chi connectivity index (χ3n) is 3.15. The minimum absolute atomic E-state index is 0.0573. The van der Waals surface area contributed by atoms with Crippen LogP contribution in [0.15, 0.2) is 35.4 Å². The second-order valence-electron chi connectivity index (χ2n) is 4.53. The van der Waals surface area contributed by atoms with Crippen molar-refractivity contribution in [2.45, 2.75) is 20.4 Å². The van der Waals surface area contributed by atoms with Gasteiger partial charge in [-0.05, 0) is 19.9 Å². The second-order valence-corrected chi connectivity index (χ2v) is 4.53. The molecule has 0 fully saturated rings. The summed E-state index contributed by atoms with van der Waals surface area (Å²) in [6.07, 6.45) is 0. The number of carboxylic acid groups (broad SMARTS) is 1. The molecule has 0 spiro atoms. The van der Waals surface area contributed by atoms with Crippen LogP contribution in [0.5, 0.6) is 5.75 Å². The molecule has 1 amide bonds. The third-order valence-corrected chi connectivity index (χ3v) is 3.15. The van der Waals surface area contributed by atoms with Gasteiger partial charge < -0.3 is 14.7 Å². The highest BCUT2D eigenvalue weighted by Gasteiger charge is 2.17. The van der Waals surface area contributed by atoms with Gasteiger partial charge in [-0.25, -0.2) is 4.79 Å². The second kappa shape index (κ2) is 6.75. The van der Waals surface area contributed by atoms with Crippen LogP contribution in [0.4, 0.5) is 0 Å². The molecule has 1 N–H and O–H groups in total. The molecule has 0 aliphatic rings. The van der Waals surface area contributed by atoms with Gasteiger partial charge in [-0.2, -0.15) is 0 Å². The van der Waals surface area contributed by atoms with E-state index in [4.69, 9.17) is 9.84 Å². The number of hydrogen-bond acceptors (Lipinski definition) is 3. The molecule has 0 saturated carbocycles. The average molecular weight is 277 g/mol. The van der Waals surface area contributed by atoms with Gasteiger partial charge in [-0.15, -0.1) is 0 Å². The fourth-order valence-electron chi connectivity index (χ4n) is 1.77. The fourth-order valence-corrected chi connectivity index (χ4v) is 1.77. The Labute approximate surface area is 118 Å². The molecule has 20 heavy (non-hydrogen) atoms. The van der Waals surface area contributed by atoms with Crippen LogP contribution in [0.3, 0.4) is 0 Å². The normalized spacial score (nSPS) is 11.6. The third kappa shape index (κ3) is 3.60. The summed E-state index contributed by atoms with van der Waals surface area (Å²) in [5, 5.41) is 8.91. The first kappa shape index (κ1) is 15.8. The maximum atomic E-state index is 12.2. The summed E-state index contributed by atoms with van der Waals surface area (Å²) in [5.74, 6) is -0.693. The Morgan fingerprint density at radius 3 is 2.35 bits per heavy atom. The summed E-state index contributed by atoms with van der Waals surface area (Å²) in [6, 6.07) is 7.40. The Kier molecular flexibility index (Phi) is 5.32. The summed E-state index contributed by atoms with van der Waals surface area (Å²) in [6.45, 7) is 3.30. The number of ether oxygens (including phenoxy) is 1. The van der Waals surface area contributed by atoms with Gasteiger partial charge in [0.05, 0.1) is 7.11 Å². The lowest BCUT2D eigenvalue weighted by atomic mass is 10.1. The summed E-state index contributed by atoms with van der Waals surface area (Å²) >= 11 is 0. The van der Waals surface area contributed by atoms with Gasteiger partial charge in [-0.1, -0.05) is 18.2 Å². The number of carboxylic acids is 1. The van der Waals surface area contributed by atoms with Crippen LogP contribution < -0.4 is 4.74 Å². The van der Waals surface area contributed by atoms with Crippen molar-refractivity contribution in [3.63, 3.8) is 0 Å². The van der Waals surface area contributed by atoms with E-state index in [-0.39, 0.29) is 17.1 Å². The first-order valence-electron chi connectivity index (χ1n) is 6.16. The van der Waals surface area contributed by atoms with Gasteiger partial charge >= 0.3 is 5.97 Å². The molecule has 1 aromatic carbocycles. The monoisotopic (exact) mass is 277 g/mol. The van der Waals surface area contributed by atoms with Crippen LogP contribution in [0.25, 0.3) is 0 Å². The number of carbonyl (C=O) groups excluding carboxylic acids is 1. The van der Waals surface area contributed by atoms with Gasteiger partial charge in [0.2, 0.25) is 5.91 Å². The van der Waals surface area contributed by atoms with E-state index in [1.807, 2.05) is 24.3 Å². The van der Waals surface area contributed by atoms with Crippen LogP contribution in [0.2, 0.25) is 0 Å². The number of benzene rings is 1. The van der Waals surface area contributed by atoms with E-state index in [2.05, 4.69) is 0 Å². The molecule has 0 aliphatic heterocycles. The zero-order valence-electron chi connectivity index (χ0n) is 12.1. The first-order valence-corrected chi connectivity index (χ1v) is 6.16. The van der Waals surface area contributed by atoms with E-state index in [0.717, 1.165) is 5.56 Å². The predicted octanol–water partition coefficient (Wildman–Crippen LogP) is 2.07. The van der Waals surface area contributed by atoms with Crippen molar-refractivity contribution in [2.24, 2.45) is 0 Å². The molecule has 5 heteroatoms. The van der Waals surface area contributed by atoms with E-state index in [9.17, 15) is 9.59 Å². The Bertz CT molecular complexity index is 549. The summed E-state index contributed by atoms with van der Waals surface area (Å²) in [7, 11) is 3.20. The lowest BCUT2D eigenvalue weighted by Crippen LogP contribution is -2.28. The minimum atomic E-state index is -1.08. The number of para-hydroxylation sites is 1. The zero-order valence-corrected chi connectivity index (χ0v) is 12.1. The minimum Gasteiger partial charge on any atom is -0.496 e. The number of methoxy groups -OCH3 is 1. The molecular formula is C15H19NO4. The summed E-state index contributed by atoms with van der Waals surface area (Å²) < 4.78 is 5.23. The summed E-state index contributed by atoms with van der Waals surface area (Å²) in [5.41, 5.74) is 1.16. The molecule has 0 heterocycles. The fraction of sp³-hybridized carbons (Fsp3) is 0.333. The zero-order chi connectivity index (χ0) is 15.3. The van der Waals surface area contributed by atoms with Crippen molar-refractivity contribution in [1.82, 2.24) is 4.90 Å². The number of carbonyl (C=O) groups is 2. The topological polar surface area (TPSA) is 66.8 Å². The Balaban J connectivity index is 2.91. The van der Waals surface area contributed by atoms with Crippen LogP contribution >= 0.6 is 0 Å². The number of likely N-dealkylation sites (N-methyl/N-ethyl adjacent to an activating group) is 1. The number of nitrogens with zero attached hydrogens (tertiary/aromatic N) is 1. The van der Waals surface area contributed by atoms with E-state index < -0.39 is 5.97 Å². The molecule has 0 aliphatic carbocycles. The Hall–Kier alpha value is -2.30. The molecule has 108 valence electrons. The van der Waals surface area contributed by atoms with Gasteiger partial charge in [0.1, 0.15) is 5.75 Å². The molecule has 1 rings (SSSR count). The van der Waals surface area contributed by atoms with Crippen LogP contribution in [0, 0.1) is 0 Å².